The van der Waals surface area contributed by atoms with E-state index < -0.39 is 0 Å². The Hall–Kier alpha value is -6.64. The third-order valence-corrected chi connectivity index (χ3v) is 9.50. The molecule has 0 saturated carbocycles. The van der Waals surface area contributed by atoms with Gasteiger partial charge in [-0.1, -0.05) is 152 Å². The Morgan fingerprint density at radius 2 is 0.780 bits per heavy atom. The Bertz CT molecular complexity index is 2570. The predicted molar refractivity (Wildman–Crippen MR) is 210 cm³/mol. The van der Waals surface area contributed by atoms with Gasteiger partial charge in [-0.05, 0) is 93.0 Å². The van der Waals surface area contributed by atoms with E-state index >= 15 is 0 Å². The van der Waals surface area contributed by atoms with Crippen LogP contribution in [0.25, 0.3) is 66.4 Å². The van der Waals surface area contributed by atoms with Gasteiger partial charge in [0.25, 0.3) is 0 Å². The highest BCUT2D eigenvalue weighted by atomic mass is 16.3. The van der Waals surface area contributed by atoms with Crippen LogP contribution in [-0.2, 0) is 0 Å². The van der Waals surface area contributed by atoms with Crippen LogP contribution in [0.2, 0.25) is 0 Å². The summed E-state index contributed by atoms with van der Waals surface area (Å²) in [6, 6.07) is 71.1. The molecule has 0 fully saturated rings. The normalized spacial score (nSPS) is 11.2. The topological polar surface area (TPSA) is 16.4 Å². The molecule has 2 nitrogen and oxygen atoms in total. The van der Waals surface area contributed by atoms with Crippen molar-refractivity contribution in [3.8, 4) is 44.5 Å². The van der Waals surface area contributed by atoms with Crippen LogP contribution in [0.5, 0.6) is 0 Å². The highest BCUT2D eigenvalue weighted by Gasteiger charge is 2.19. The SMILES string of the molecule is c1ccc(-c2ccccc2-c2c(-c3ccccc3)cccc2-c2ccc(N(c3ccccc3)c3ccc4oc5ccccc5c4c3)cc2)cc1. The Labute approximate surface area is 292 Å². The van der Waals surface area contributed by atoms with Gasteiger partial charge in [0, 0.05) is 27.8 Å². The number of rotatable bonds is 7. The van der Waals surface area contributed by atoms with E-state index in [1.54, 1.807) is 0 Å². The van der Waals surface area contributed by atoms with E-state index in [2.05, 4.69) is 193 Å². The zero-order valence-corrected chi connectivity index (χ0v) is 27.4. The molecule has 0 amide bonds. The third kappa shape index (κ3) is 5.34. The third-order valence-electron chi connectivity index (χ3n) is 9.50. The Balaban J connectivity index is 1.20. The largest absolute Gasteiger partial charge is 0.456 e. The highest BCUT2D eigenvalue weighted by Crippen LogP contribution is 2.45. The zero-order chi connectivity index (χ0) is 33.3. The summed E-state index contributed by atoms with van der Waals surface area (Å²) in [6.45, 7) is 0. The van der Waals surface area contributed by atoms with Crippen molar-refractivity contribution >= 4 is 39.0 Å². The first-order chi connectivity index (χ1) is 24.8. The number of anilines is 3. The van der Waals surface area contributed by atoms with Gasteiger partial charge in [-0.15, -0.1) is 0 Å². The van der Waals surface area contributed by atoms with Crippen LogP contribution in [0.3, 0.4) is 0 Å². The lowest BCUT2D eigenvalue weighted by atomic mass is 9.84. The van der Waals surface area contributed by atoms with Gasteiger partial charge >= 0.3 is 0 Å². The molecule has 9 aromatic rings. The number of para-hydroxylation sites is 2. The van der Waals surface area contributed by atoms with Crippen molar-refractivity contribution < 1.29 is 4.42 Å². The molecule has 2 heteroatoms. The summed E-state index contributed by atoms with van der Waals surface area (Å²) in [5.74, 6) is 0. The van der Waals surface area contributed by atoms with Gasteiger partial charge in [0.15, 0.2) is 0 Å². The quantitative estimate of drug-likeness (QED) is 0.173. The molecule has 0 aliphatic heterocycles. The molecule has 0 radical (unpaired) electrons. The maximum absolute atomic E-state index is 6.17. The molecular weight excluding hydrogens is 607 g/mol. The van der Waals surface area contributed by atoms with Gasteiger partial charge in [0.1, 0.15) is 11.2 Å². The van der Waals surface area contributed by atoms with Gasteiger partial charge in [-0.25, -0.2) is 0 Å². The van der Waals surface area contributed by atoms with Crippen molar-refractivity contribution in [3.05, 3.63) is 200 Å². The van der Waals surface area contributed by atoms with E-state index in [4.69, 9.17) is 4.42 Å². The van der Waals surface area contributed by atoms with Crippen molar-refractivity contribution in [1.29, 1.82) is 0 Å². The summed E-state index contributed by atoms with van der Waals surface area (Å²) in [7, 11) is 0. The van der Waals surface area contributed by atoms with E-state index in [9.17, 15) is 0 Å². The molecule has 0 atom stereocenters. The van der Waals surface area contributed by atoms with Gasteiger partial charge < -0.3 is 9.32 Å². The van der Waals surface area contributed by atoms with E-state index in [-0.39, 0.29) is 0 Å². The number of fused-ring (bicyclic) bond motifs is 3. The molecule has 0 aliphatic rings. The molecular formula is C48H33NO. The molecule has 1 aromatic heterocycles. The number of furan rings is 1. The second-order valence-electron chi connectivity index (χ2n) is 12.5. The summed E-state index contributed by atoms with van der Waals surface area (Å²) in [6.07, 6.45) is 0. The van der Waals surface area contributed by atoms with E-state index in [1.165, 1.54) is 38.9 Å². The van der Waals surface area contributed by atoms with Crippen LogP contribution >= 0.6 is 0 Å². The summed E-state index contributed by atoms with van der Waals surface area (Å²) in [4.78, 5) is 2.32. The molecule has 236 valence electrons. The van der Waals surface area contributed by atoms with Crippen LogP contribution in [-0.4, -0.2) is 0 Å². The molecule has 9 rings (SSSR count). The first kappa shape index (κ1) is 29.5. The second-order valence-corrected chi connectivity index (χ2v) is 12.5. The van der Waals surface area contributed by atoms with E-state index in [0.29, 0.717) is 0 Å². The monoisotopic (exact) mass is 639 g/mol. The first-order valence-corrected chi connectivity index (χ1v) is 17.0. The zero-order valence-electron chi connectivity index (χ0n) is 27.4. The molecule has 0 aliphatic carbocycles. The fourth-order valence-corrected chi connectivity index (χ4v) is 7.18. The Morgan fingerprint density at radius 1 is 0.300 bits per heavy atom. The second kappa shape index (κ2) is 12.8. The average Bonchev–Trinajstić information content (AvgIpc) is 3.57. The first-order valence-electron chi connectivity index (χ1n) is 17.0. The summed E-state index contributed by atoms with van der Waals surface area (Å²) >= 11 is 0. The van der Waals surface area contributed by atoms with Crippen molar-refractivity contribution in [2.45, 2.75) is 0 Å². The van der Waals surface area contributed by atoms with Crippen molar-refractivity contribution in [2.24, 2.45) is 0 Å². The van der Waals surface area contributed by atoms with Crippen molar-refractivity contribution in [1.82, 2.24) is 0 Å². The van der Waals surface area contributed by atoms with Crippen LogP contribution in [0.4, 0.5) is 17.1 Å². The summed E-state index contributed by atoms with van der Waals surface area (Å²) in [5.41, 5.74) is 14.7. The average molecular weight is 640 g/mol. The summed E-state index contributed by atoms with van der Waals surface area (Å²) < 4.78 is 6.17. The fourth-order valence-electron chi connectivity index (χ4n) is 7.18. The standard InChI is InChI=1S/C48H33NO/c1-4-15-34(16-5-1)40-21-10-11-23-44(40)48-41(35-17-6-2-7-18-35)24-14-25-42(48)36-27-29-38(30-28-36)49(37-19-8-3-9-20-37)39-31-32-47-45(33-39)43-22-12-13-26-46(43)50-47/h1-33H. The predicted octanol–water partition coefficient (Wildman–Crippen LogP) is 13.7. The lowest BCUT2D eigenvalue weighted by molar-refractivity contribution is 0.669. The molecule has 0 saturated heterocycles. The van der Waals surface area contributed by atoms with Gasteiger partial charge in [-0.2, -0.15) is 0 Å². The highest BCUT2D eigenvalue weighted by molar-refractivity contribution is 6.06. The van der Waals surface area contributed by atoms with E-state index in [0.717, 1.165) is 44.6 Å². The molecule has 0 unspecified atom stereocenters. The number of benzene rings is 8. The van der Waals surface area contributed by atoms with Crippen LogP contribution in [0.15, 0.2) is 205 Å². The molecule has 0 spiro atoms. The maximum Gasteiger partial charge on any atom is 0.135 e. The molecule has 0 N–H and O–H groups in total. The minimum absolute atomic E-state index is 0.889. The van der Waals surface area contributed by atoms with Crippen LogP contribution in [0, 0.1) is 0 Å². The maximum atomic E-state index is 6.17. The molecule has 8 aromatic carbocycles. The Morgan fingerprint density at radius 3 is 1.48 bits per heavy atom. The number of hydrogen-bond donors (Lipinski definition) is 0. The smallest absolute Gasteiger partial charge is 0.135 e. The number of hydrogen-bond acceptors (Lipinski definition) is 2. The lowest BCUT2D eigenvalue weighted by Gasteiger charge is -2.26. The summed E-state index contributed by atoms with van der Waals surface area (Å²) in [5, 5.41) is 2.23. The fraction of sp³-hybridized carbons (Fsp3) is 0. The minimum Gasteiger partial charge on any atom is -0.456 e. The Kier molecular flexibility index (Phi) is 7.53. The molecule has 0 bridgehead atoms. The van der Waals surface area contributed by atoms with Gasteiger partial charge in [0.2, 0.25) is 0 Å². The van der Waals surface area contributed by atoms with Gasteiger partial charge in [0.05, 0.1) is 0 Å². The van der Waals surface area contributed by atoms with Crippen LogP contribution in [0.1, 0.15) is 0 Å². The van der Waals surface area contributed by atoms with Crippen molar-refractivity contribution in [3.63, 3.8) is 0 Å². The van der Waals surface area contributed by atoms with Gasteiger partial charge in [-0.3, -0.25) is 0 Å². The van der Waals surface area contributed by atoms with Crippen molar-refractivity contribution in [2.75, 3.05) is 4.90 Å². The molecule has 1 heterocycles. The molecule has 50 heavy (non-hydrogen) atoms. The number of nitrogens with zero attached hydrogens (tertiary/aromatic N) is 1. The minimum atomic E-state index is 0.889. The van der Waals surface area contributed by atoms with Crippen LogP contribution < -0.4 is 4.90 Å². The van der Waals surface area contributed by atoms with E-state index in [1.807, 2.05) is 12.1 Å². The lowest BCUT2D eigenvalue weighted by Crippen LogP contribution is -2.09.